The molecule has 13 aromatic rings. The van der Waals surface area contributed by atoms with Crippen molar-refractivity contribution in [3.8, 4) is 44.5 Å². The summed E-state index contributed by atoms with van der Waals surface area (Å²) in [5.41, 5.74) is 11.6. The molecule has 2 aromatic heterocycles. The van der Waals surface area contributed by atoms with Crippen molar-refractivity contribution >= 4 is 96.5 Å². The summed E-state index contributed by atoms with van der Waals surface area (Å²) in [4.78, 5) is 0. The van der Waals surface area contributed by atoms with Gasteiger partial charge >= 0.3 is 0 Å². The fourth-order valence-corrected chi connectivity index (χ4v) is 11.4. The first-order valence-corrected chi connectivity index (χ1v) is 21.4. The lowest BCUT2D eigenvalue weighted by Crippen LogP contribution is -1.92. The van der Waals surface area contributed by atoms with Gasteiger partial charge in [0.2, 0.25) is 0 Å². The molecule has 0 amide bonds. The standard InChI is InChI=1S/C58H34OS/c1-2-17-35(18-3-1)52-36-19-4-6-21-38(36)54(39-22-7-5-20-37(39)52)46-28-14-31-48-57(46)58-47(29-15-32-49(58)59-48)55-42-25-10-8-23-40(42)53(41-24-9-11-26-43(41)55)45-30-16-34-51-56(45)44-27-12-13-33-50(44)60-51/h1-34H. The Morgan fingerprint density at radius 2 is 0.600 bits per heavy atom. The van der Waals surface area contributed by atoms with Crippen molar-refractivity contribution in [2.24, 2.45) is 0 Å². The van der Waals surface area contributed by atoms with Crippen molar-refractivity contribution in [3.63, 3.8) is 0 Å². The Kier molecular flexibility index (Phi) is 7.24. The van der Waals surface area contributed by atoms with Gasteiger partial charge in [-0.2, -0.15) is 0 Å². The third-order valence-corrected chi connectivity index (χ3v) is 13.8. The van der Waals surface area contributed by atoms with Crippen molar-refractivity contribution < 1.29 is 4.42 Å². The van der Waals surface area contributed by atoms with Gasteiger partial charge in [0.05, 0.1) is 0 Å². The molecule has 1 nitrogen and oxygen atoms in total. The van der Waals surface area contributed by atoms with E-state index in [1.807, 2.05) is 11.3 Å². The third-order valence-electron chi connectivity index (χ3n) is 12.7. The molecule has 0 fully saturated rings. The van der Waals surface area contributed by atoms with Crippen LogP contribution in [0.4, 0.5) is 0 Å². The zero-order valence-electron chi connectivity index (χ0n) is 32.4. The summed E-state index contributed by atoms with van der Waals surface area (Å²) in [5, 5.41) is 14.8. The predicted octanol–water partition coefficient (Wildman–Crippen LogP) is 17.2. The third kappa shape index (κ3) is 4.74. The fourth-order valence-electron chi connectivity index (χ4n) is 10.3. The summed E-state index contributed by atoms with van der Waals surface area (Å²) in [6.45, 7) is 0. The van der Waals surface area contributed by atoms with Crippen LogP contribution in [0.15, 0.2) is 211 Å². The number of rotatable bonds is 4. The average molecular weight is 779 g/mol. The molecule has 13 rings (SSSR count). The number of furan rings is 1. The summed E-state index contributed by atoms with van der Waals surface area (Å²) in [7, 11) is 0. The molecule has 0 saturated heterocycles. The normalized spacial score (nSPS) is 12.0. The van der Waals surface area contributed by atoms with Crippen LogP contribution < -0.4 is 0 Å². The number of fused-ring (bicyclic) bond motifs is 10. The van der Waals surface area contributed by atoms with Crippen molar-refractivity contribution in [2.45, 2.75) is 0 Å². The van der Waals surface area contributed by atoms with E-state index in [4.69, 9.17) is 4.42 Å². The molecule has 0 N–H and O–H groups in total. The second-order valence-corrected chi connectivity index (χ2v) is 16.9. The van der Waals surface area contributed by atoms with E-state index in [2.05, 4.69) is 206 Å². The van der Waals surface area contributed by atoms with Gasteiger partial charge in [-0.15, -0.1) is 11.3 Å². The van der Waals surface area contributed by atoms with Crippen LogP contribution >= 0.6 is 11.3 Å². The maximum Gasteiger partial charge on any atom is 0.136 e. The van der Waals surface area contributed by atoms with Gasteiger partial charge in [-0.1, -0.05) is 182 Å². The monoisotopic (exact) mass is 778 g/mol. The molecule has 2 heteroatoms. The minimum atomic E-state index is 0.885. The van der Waals surface area contributed by atoms with Crippen LogP contribution in [-0.4, -0.2) is 0 Å². The Morgan fingerprint density at radius 1 is 0.250 bits per heavy atom. The van der Waals surface area contributed by atoms with E-state index in [0.29, 0.717) is 0 Å². The molecule has 0 spiro atoms. The van der Waals surface area contributed by atoms with Crippen LogP contribution in [0.2, 0.25) is 0 Å². The molecule has 0 aliphatic rings. The molecule has 2 heterocycles. The highest BCUT2D eigenvalue weighted by Gasteiger charge is 2.25. The molecular formula is C58H34OS. The highest BCUT2D eigenvalue weighted by molar-refractivity contribution is 7.26. The van der Waals surface area contributed by atoms with Gasteiger partial charge in [0.15, 0.2) is 0 Å². The van der Waals surface area contributed by atoms with Crippen molar-refractivity contribution in [2.75, 3.05) is 0 Å². The van der Waals surface area contributed by atoms with E-state index in [-0.39, 0.29) is 0 Å². The predicted molar refractivity (Wildman–Crippen MR) is 258 cm³/mol. The van der Waals surface area contributed by atoms with Gasteiger partial charge in [0.25, 0.3) is 0 Å². The van der Waals surface area contributed by atoms with E-state index in [1.54, 1.807) is 0 Å². The Balaban J connectivity index is 1.16. The molecule has 0 atom stereocenters. The van der Waals surface area contributed by atoms with E-state index in [9.17, 15) is 0 Å². The number of hydrogen-bond acceptors (Lipinski definition) is 2. The van der Waals surface area contributed by atoms with Crippen molar-refractivity contribution in [3.05, 3.63) is 206 Å². The van der Waals surface area contributed by atoms with Gasteiger partial charge in [-0.05, 0) is 112 Å². The Hall–Kier alpha value is -7.52. The van der Waals surface area contributed by atoms with Crippen LogP contribution in [0.5, 0.6) is 0 Å². The Labute approximate surface area is 350 Å². The molecule has 11 aromatic carbocycles. The van der Waals surface area contributed by atoms with Crippen LogP contribution in [0.3, 0.4) is 0 Å². The molecule has 0 saturated carbocycles. The summed E-state index contributed by atoms with van der Waals surface area (Å²) >= 11 is 1.87. The smallest absolute Gasteiger partial charge is 0.136 e. The first-order valence-electron chi connectivity index (χ1n) is 20.6. The van der Waals surface area contributed by atoms with Crippen LogP contribution in [0.25, 0.3) is 130 Å². The van der Waals surface area contributed by atoms with E-state index < -0.39 is 0 Å². The number of hydrogen-bond donors (Lipinski definition) is 0. The summed E-state index contributed by atoms with van der Waals surface area (Å²) in [6.07, 6.45) is 0. The highest BCUT2D eigenvalue weighted by atomic mass is 32.1. The Bertz CT molecular complexity index is 3770. The van der Waals surface area contributed by atoms with E-state index in [0.717, 1.165) is 21.9 Å². The van der Waals surface area contributed by atoms with Crippen LogP contribution in [0.1, 0.15) is 0 Å². The quantitative estimate of drug-likeness (QED) is 0.162. The van der Waals surface area contributed by atoms with Gasteiger partial charge in [0.1, 0.15) is 11.2 Å². The Morgan fingerprint density at radius 3 is 1.07 bits per heavy atom. The lowest BCUT2D eigenvalue weighted by molar-refractivity contribution is 0.669. The molecular weight excluding hydrogens is 745 g/mol. The van der Waals surface area contributed by atoms with Gasteiger partial charge in [-0.25, -0.2) is 0 Å². The molecule has 0 aliphatic heterocycles. The number of benzene rings is 11. The second-order valence-electron chi connectivity index (χ2n) is 15.8. The van der Waals surface area contributed by atoms with E-state index >= 15 is 0 Å². The maximum absolute atomic E-state index is 6.89. The summed E-state index contributed by atoms with van der Waals surface area (Å²) < 4.78 is 9.52. The molecule has 0 aliphatic carbocycles. The second kappa shape index (κ2) is 13.0. The minimum Gasteiger partial charge on any atom is -0.456 e. The van der Waals surface area contributed by atoms with Crippen molar-refractivity contribution in [1.29, 1.82) is 0 Å². The summed E-state index contributed by atoms with van der Waals surface area (Å²) in [5.74, 6) is 0. The summed E-state index contributed by atoms with van der Waals surface area (Å²) in [6, 6.07) is 75.6. The zero-order chi connectivity index (χ0) is 39.3. The largest absolute Gasteiger partial charge is 0.456 e. The zero-order valence-corrected chi connectivity index (χ0v) is 33.3. The van der Waals surface area contributed by atoms with Gasteiger partial charge in [0, 0.05) is 30.9 Å². The molecule has 278 valence electrons. The van der Waals surface area contributed by atoms with Gasteiger partial charge in [-0.3, -0.25) is 0 Å². The SMILES string of the molecule is c1ccc(-c2c3ccccc3c(-c3cccc4oc5cccc(-c6c7ccccc7c(-c7cccc8sc9ccccc9c78)c7ccccc67)c5c34)c3ccccc23)cc1. The molecule has 0 bridgehead atoms. The first kappa shape index (κ1) is 33.5. The van der Waals surface area contributed by atoms with Gasteiger partial charge < -0.3 is 4.42 Å². The topological polar surface area (TPSA) is 13.1 Å². The lowest BCUT2D eigenvalue weighted by Gasteiger charge is -2.20. The minimum absolute atomic E-state index is 0.885. The molecule has 0 radical (unpaired) electrons. The molecule has 60 heavy (non-hydrogen) atoms. The fraction of sp³-hybridized carbons (Fsp3) is 0. The highest BCUT2D eigenvalue weighted by Crippen LogP contribution is 2.52. The van der Waals surface area contributed by atoms with Crippen molar-refractivity contribution in [1.82, 2.24) is 0 Å². The van der Waals surface area contributed by atoms with Crippen LogP contribution in [-0.2, 0) is 0 Å². The maximum atomic E-state index is 6.89. The molecule has 0 unspecified atom stereocenters. The van der Waals surface area contributed by atoms with E-state index in [1.165, 1.54) is 108 Å². The van der Waals surface area contributed by atoms with Crippen LogP contribution in [0, 0.1) is 0 Å². The number of thiophene rings is 1. The lowest BCUT2D eigenvalue weighted by atomic mass is 9.83. The average Bonchev–Trinajstić information content (AvgIpc) is 3.89. The first-order chi connectivity index (χ1) is 29.8.